The lowest BCUT2D eigenvalue weighted by atomic mass is 10.1. The fraction of sp³-hybridized carbons (Fsp3) is 0.0667. The first-order chi connectivity index (χ1) is 21.1. The Bertz CT molecular complexity index is 1910. The molecule has 0 saturated heterocycles. The second-order valence-corrected chi connectivity index (χ2v) is 12.4. The third-order valence-corrected chi connectivity index (χ3v) is 8.65. The van der Waals surface area contributed by atoms with Crippen LogP contribution in [0.5, 0.6) is 5.75 Å². The SMILES string of the molecule is Cc1ccc(C(=O)Nc2ccc3nc(Sc4ccc(/C=N\NC(=O)COc5ccc(Cl)cc5Cl)cc4[N+](=O)[O-])sc3c2)cc1. The van der Waals surface area contributed by atoms with Gasteiger partial charge in [0.1, 0.15) is 5.75 Å². The molecule has 0 radical (unpaired) electrons. The Morgan fingerprint density at radius 1 is 1.07 bits per heavy atom. The largest absolute Gasteiger partial charge is 0.482 e. The number of hydrogen-bond acceptors (Lipinski definition) is 9. The lowest BCUT2D eigenvalue weighted by Crippen LogP contribution is -2.24. The van der Waals surface area contributed by atoms with Gasteiger partial charge in [0.05, 0.1) is 31.3 Å². The molecule has 0 fully saturated rings. The smallest absolute Gasteiger partial charge is 0.283 e. The maximum atomic E-state index is 12.6. The van der Waals surface area contributed by atoms with Gasteiger partial charge in [-0.1, -0.05) is 58.7 Å². The van der Waals surface area contributed by atoms with E-state index in [9.17, 15) is 19.7 Å². The number of nitro groups is 1. The van der Waals surface area contributed by atoms with Crippen LogP contribution in [-0.4, -0.2) is 34.5 Å². The van der Waals surface area contributed by atoms with Crippen LogP contribution < -0.4 is 15.5 Å². The summed E-state index contributed by atoms with van der Waals surface area (Å²) >= 11 is 14.4. The molecular weight excluding hydrogens is 645 g/mol. The van der Waals surface area contributed by atoms with Crippen molar-refractivity contribution in [1.82, 2.24) is 10.4 Å². The minimum atomic E-state index is -0.553. The van der Waals surface area contributed by atoms with Gasteiger partial charge in [0.25, 0.3) is 17.5 Å². The zero-order valence-electron chi connectivity index (χ0n) is 22.7. The van der Waals surface area contributed by atoms with Crippen molar-refractivity contribution < 1.29 is 19.2 Å². The molecule has 0 unspecified atom stereocenters. The first-order valence-corrected chi connectivity index (χ1v) is 15.2. The average molecular weight is 667 g/mol. The first kappa shape index (κ1) is 31.0. The molecule has 2 N–H and O–H groups in total. The van der Waals surface area contributed by atoms with Gasteiger partial charge >= 0.3 is 0 Å². The molecule has 0 spiro atoms. The molecule has 2 amide bonds. The van der Waals surface area contributed by atoms with Crippen LogP contribution >= 0.6 is 46.3 Å². The molecule has 1 aromatic heterocycles. The molecule has 0 aliphatic rings. The molecule has 44 heavy (non-hydrogen) atoms. The zero-order valence-corrected chi connectivity index (χ0v) is 25.9. The molecular formula is C30H21Cl2N5O5S2. The van der Waals surface area contributed by atoms with Gasteiger partial charge in [0, 0.05) is 27.9 Å². The molecule has 0 bridgehead atoms. The van der Waals surface area contributed by atoms with Gasteiger partial charge in [-0.3, -0.25) is 19.7 Å². The molecule has 4 aromatic carbocycles. The van der Waals surface area contributed by atoms with E-state index in [0.717, 1.165) is 22.0 Å². The van der Waals surface area contributed by atoms with Crippen LogP contribution in [0.1, 0.15) is 21.5 Å². The average Bonchev–Trinajstić information content (AvgIpc) is 3.39. The summed E-state index contributed by atoms with van der Waals surface area (Å²) in [6.07, 6.45) is 1.29. The van der Waals surface area contributed by atoms with Crippen molar-refractivity contribution >= 4 is 85.9 Å². The van der Waals surface area contributed by atoms with E-state index < -0.39 is 10.8 Å². The highest BCUT2D eigenvalue weighted by Crippen LogP contribution is 2.39. The lowest BCUT2D eigenvalue weighted by molar-refractivity contribution is -0.387. The maximum Gasteiger partial charge on any atom is 0.283 e. The van der Waals surface area contributed by atoms with Gasteiger partial charge < -0.3 is 10.1 Å². The van der Waals surface area contributed by atoms with Gasteiger partial charge in [-0.25, -0.2) is 10.4 Å². The molecule has 222 valence electrons. The van der Waals surface area contributed by atoms with Gasteiger partial charge in [0.15, 0.2) is 10.9 Å². The third kappa shape index (κ3) is 7.91. The van der Waals surface area contributed by atoms with E-state index in [1.807, 2.05) is 25.1 Å². The van der Waals surface area contributed by atoms with Crippen LogP contribution in [-0.2, 0) is 4.79 Å². The fourth-order valence-corrected chi connectivity index (χ4v) is 6.43. The predicted octanol–water partition coefficient (Wildman–Crippen LogP) is 7.75. The first-order valence-electron chi connectivity index (χ1n) is 12.8. The second-order valence-electron chi connectivity index (χ2n) is 9.23. The minimum Gasteiger partial charge on any atom is -0.482 e. The van der Waals surface area contributed by atoms with Crippen LogP contribution in [0, 0.1) is 17.0 Å². The molecule has 0 saturated carbocycles. The number of nitro benzene ring substituents is 1. The number of thiazole rings is 1. The Morgan fingerprint density at radius 2 is 1.86 bits per heavy atom. The number of hydrogen-bond donors (Lipinski definition) is 2. The highest BCUT2D eigenvalue weighted by molar-refractivity contribution is 8.01. The van der Waals surface area contributed by atoms with Gasteiger partial charge in [-0.15, -0.1) is 11.3 Å². The Morgan fingerprint density at radius 3 is 2.61 bits per heavy atom. The van der Waals surface area contributed by atoms with E-state index in [0.29, 0.717) is 36.6 Å². The quantitative estimate of drug-likeness (QED) is 0.0884. The number of halogens is 2. The number of amides is 2. The molecule has 0 aliphatic carbocycles. The monoisotopic (exact) mass is 665 g/mol. The van der Waals surface area contributed by atoms with Crippen LogP contribution in [0.25, 0.3) is 10.2 Å². The number of carbonyl (C=O) groups excluding carboxylic acids is 2. The summed E-state index contributed by atoms with van der Waals surface area (Å²) in [4.78, 5) is 41.0. The number of benzene rings is 4. The van der Waals surface area contributed by atoms with E-state index in [2.05, 4.69) is 20.8 Å². The Labute approximate surface area is 269 Å². The summed E-state index contributed by atoms with van der Waals surface area (Å²) in [7, 11) is 0. The highest BCUT2D eigenvalue weighted by Gasteiger charge is 2.18. The number of hydrazone groups is 1. The number of carbonyl (C=O) groups is 2. The summed E-state index contributed by atoms with van der Waals surface area (Å²) in [6.45, 7) is 1.60. The summed E-state index contributed by atoms with van der Waals surface area (Å²) in [5, 5.41) is 19.3. The van der Waals surface area contributed by atoms with Gasteiger partial charge in [0.2, 0.25) is 0 Å². The minimum absolute atomic E-state index is 0.142. The molecule has 0 atom stereocenters. The van der Waals surface area contributed by atoms with Crippen molar-refractivity contribution in [2.45, 2.75) is 16.2 Å². The number of aryl methyl sites for hydroxylation is 1. The number of ether oxygens (including phenoxy) is 1. The van der Waals surface area contributed by atoms with Gasteiger partial charge in [-0.2, -0.15) is 5.10 Å². The van der Waals surface area contributed by atoms with Crippen molar-refractivity contribution in [2.24, 2.45) is 5.10 Å². The maximum absolute atomic E-state index is 12.6. The third-order valence-electron chi connectivity index (χ3n) is 5.97. The van der Waals surface area contributed by atoms with Crippen LogP contribution in [0.2, 0.25) is 10.0 Å². The van der Waals surface area contributed by atoms with Crippen molar-refractivity contribution in [2.75, 3.05) is 11.9 Å². The van der Waals surface area contributed by atoms with E-state index in [1.54, 1.807) is 48.5 Å². The number of fused-ring (bicyclic) bond motifs is 1. The van der Waals surface area contributed by atoms with Crippen molar-refractivity contribution in [3.05, 3.63) is 116 Å². The molecule has 5 rings (SSSR count). The fourth-order valence-electron chi connectivity index (χ4n) is 3.82. The predicted molar refractivity (Wildman–Crippen MR) is 174 cm³/mol. The van der Waals surface area contributed by atoms with E-state index in [1.165, 1.54) is 29.7 Å². The van der Waals surface area contributed by atoms with E-state index in [4.69, 9.17) is 27.9 Å². The standard InChI is InChI=1S/C30H21Cl2N5O5S2/c1-17-2-5-19(6-3-17)29(39)34-21-8-9-23-27(14-21)44-30(35-23)43-26-11-4-18(12-24(26)37(40)41)15-33-36-28(38)16-42-25-10-7-20(31)13-22(25)32/h2-15H,16H2,1H3,(H,34,39)(H,36,38)/b33-15-. The van der Waals surface area contributed by atoms with Crippen molar-refractivity contribution in [3.63, 3.8) is 0 Å². The molecule has 5 aromatic rings. The Balaban J connectivity index is 1.22. The number of rotatable bonds is 10. The van der Waals surface area contributed by atoms with Crippen LogP contribution in [0.4, 0.5) is 11.4 Å². The van der Waals surface area contributed by atoms with E-state index >= 15 is 0 Å². The highest BCUT2D eigenvalue weighted by atomic mass is 35.5. The van der Waals surface area contributed by atoms with E-state index in [-0.39, 0.29) is 29.0 Å². The van der Waals surface area contributed by atoms with Crippen molar-refractivity contribution in [3.8, 4) is 5.75 Å². The second kappa shape index (κ2) is 13.9. The lowest BCUT2D eigenvalue weighted by Gasteiger charge is -2.07. The number of nitrogens with zero attached hydrogens (tertiary/aromatic N) is 3. The molecule has 0 aliphatic heterocycles. The number of anilines is 1. The van der Waals surface area contributed by atoms with Crippen molar-refractivity contribution in [1.29, 1.82) is 0 Å². The molecule has 14 heteroatoms. The summed E-state index contributed by atoms with van der Waals surface area (Å²) in [5.41, 5.74) is 5.50. The number of nitrogens with one attached hydrogen (secondary N) is 2. The topological polar surface area (TPSA) is 136 Å². The van der Waals surface area contributed by atoms with Crippen LogP contribution in [0.15, 0.2) is 93.2 Å². The Kier molecular flexibility index (Phi) is 9.75. The Hall–Kier alpha value is -4.49. The van der Waals surface area contributed by atoms with Gasteiger partial charge in [-0.05, 0) is 61.5 Å². The zero-order chi connectivity index (χ0) is 31.2. The number of aromatic nitrogens is 1. The normalized spacial score (nSPS) is 11.1. The van der Waals surface area contributed by atoms with Crippen LogP contribution in [0.3, 0.4) is 0 Å². The summed E-state index contributed by atoms with van der Waals surface area (Å²) in [6, 6.07) is 21.8. The molecule has 1 heterocycles. The summed E-state index contributed by atoms with van der Waals surface area (Å²) in [5.74, 6) is -0.488. The summed E-state index contributed by atoms with van der Waals surface area (Å²) < 4.78 is 6.77. The molecule has 10 nitrogen and oxygen atoms in total.